The van der Waals surface area contributed by atoms with E-state index >= 15 is 0 Å². The predicted molar refractivity (Wildman–Crippen MR) is 99.6 cm³/mol. The Bertz CT molecular complexity index is 686. The van der Waals surface area contributed by atoms with E-state index in [1.54, 1.807) is 4.90 Å². The lowest BCUT2D eigenvalue weighted by Crippen LogP contribution is -2.39. The van der Waals surface area contributed by atoms with Crippen molar-refractivity contribution in [3.8, 4) is 6.07 Å². The first-order valence-electron chi connectivity index (χ1n) is 8.99. The van der Waals surface area contributed by atoms with E-state index in [0.717, 1.165) is 31.5 Å². The molecule has 1 heterocycles. The maximum atomic E-state index is 12.8. The first kappa shape index (κ1) is 19.7. The van der Waals surface area contributed by atoms with Crippen molar-refractivity contribution in [3.05, 3.63) is 47.7 Å². The summed E-state index contributed by atoms with van der Waals surface area (Å²) < 4.78 is 0. The third kappa shape index (κ3) is 5.43. The number of hydrogen-bond donors (Lipinski definition) is 2. The Hall–Kier alpha value is -2.65. The highest BCUT2D eigenvalue weighted by atomic mass is 16.2. The van der Waals surface area contributed by atoms with Crippen LogP contribution in [0.15, 0.2) is 42.1 Å². The SMILES string of the molecule is CC(C)N(Cc1ccccc1)C(=O)/C(C#N)=C\NC(=O)C1CCNCC1. The average Bonchev–Trinajstić information content (AvgIpc) is 2.67. The topological polar surface area (TPSA) is 85.2 Å². The molecule has 0 spiro atoms. The highest BCUT2D eigenvalue weighted by Gasteiger charge is 2.23. The Morgan fingerprint density at radius 1 is 1.31 bits per heavy atom. The molecule has 6 nitrogen and oxygen atoms in total. The molecule has 0 unspecified atom stereocenters. The number of carbonyl (C=O) groups is 2. The molecule has 1 aliphatic heterocycles. The minimum absolute atomic E-state index is 0.0584. The molecular formula is C20H26N4O2. The highest BCUT2D eigenvalue weighted by Crippen LogP contribution is 2.13. The van der Waals surface area contributed by atoms with Crippen molar-refractivity contribution in [2.75, 3.05) is 13.1 Å². The molecule has 1 saturated heterocycles. The number of benzene rings is 1. The summed E-state index contributed by atoms with van der Waals surface area (Å²) in [4.78, 5) is 26.6. The third-order valence-electron chi connectivity index (χ3n) is 4.50. The zero-order valence-corrected chi connectivity index (χ0v) is 15.4. The van der Waals surface area contributed by atoms with Gasteiger partial charge in [-0.15, -0.1) is 0 Å². The van der Waals surface area contributed by atoms with Gasteiger partial charge >= 0.3 is 0 Å². The van der Waals surface area contributed by atoms with E-state index in [2.05, 4.69) is 10.6 Å². The van der Waals surface area contributed by atoms with Gasteiger partial charge in [0.05, 0.1) is 0 Å². The maximum absolute atomic E-state index is 12.8. The molecule has 6 heteroatoms. The summed E-state index contributed by atoms with van der Waals surface area (Å²) in [6, 6.07) is 11.5. The fourth-order valence-corrected chi connectivity index (χ4v) is 2.91. The number of amides is 2. The summed E-state index contributed by atoms with van der Waals surface area (Å²) >= 11 is 0. The van der Waals surface area contributed by atoms with Gasteiger partial charge in [-0.1, -0.05) is 30.3 Å². The van der Waals surface area contributed by atoms with Crippen molar-refractivity contribution < 1.29 is 9.59 Å². The van der Waals surface area contributed by atoms with Gasteiger partial charge in [0.2, 0.25) is 5.91 Å². The van der Waals surface area contributed by atoms with Gasteiger partial charge in [-0.25, -0.2) is 0 Å². The van der Waals surface area contributed by atoms with Gasteiger partial charge in [-0.3, -0.25) is 9.59 Å². The van der Waals surface area contributed by atoms with E-state index in [1.807, 2.05) is 50.2 Å². The smallest absolute Gasteiger partial charge is 0.266 e. The fraction of sp³-hybridized carbons (Fsp3) is 0.450. The van der Waals surface area contributed by atoms with E-state index in [-0.39, 0.29) is 29.3 Å². The van der Waals surface area contributed by atoms with Gasteiger partial charge in [-0.05, 0) is 45.3 Å². The Labute approximate surface area is 154 Å². The van der Waals surface area contributed by atoms with Crippen LogP contribution in [0.3, 0.4) is 0 Å². The quantitative estimate of drug-likeness (QED) is 0.604. The summed E-state index contributed by atoms with van der Waals surface area (Å²) in [6.45, 7) is 5.85. The number of carbonyl (C=O) groups excluding carboxylic acids is 2. The van der Waals surface area contributed by atoms with Crippen LogP contribution in [0.5, 0.6) is 0 Å². The van der Waals surface area contributed by atoms with Gasteiger partial charge < -0.3 is 15.5 Å². The van der Waals surface area contributed by atoms with Crippen LogP contribution < -0.4 is 10.6 Å². The van der Waals surface area contributed by atoms with Crippen molar-refractivity contribution >= 4 is 11.8 Å². The number of piperidine rings is 1. The van der Waals surface area contributed by atoms with E-state index in [9.17, 15) is 14.9 Å². The molecule has 1 fully saturated rings. The minimum Gasteiger partial charge on any atom is -0.331 e. The lowest BCUT2D eigenvalue weighted by atomic mass is 9.97. The van der Waals surface area contributed by atoms with Crippen LogP contribution in [0.25, 0.3) is 0 Å². The number of nitrogens with zero attached hydrogens (tertiary/aromatic N) is 2. The van der Waals surface area contributed by atoms with Crippen LogP contribution in [0.4, 0.5) is 0 Å². The predicted octanol–water partition coefficient (Wildman–Crippen LogP) is 1.95. The second-order valence-corrected chi connectivity index (χ2v) is 6.72. The van der Waals surface area contributed by atoms with E-state index in [4.69, 9.17) is 0 Å². The second-order valence-electron chi connectivity index (χ2n) is 6.72. The van der Waals surface area contributed by atoms with Gasteiger partial charge in [0, 0.05) is 24.7 Å². The molecule has 0 bridgehead atoms. The van der Waals surface area contributed by atoms with E-state index < -0.39 is 0 Å². The summed E-state index contributed by atoms with van der Waals surface area (Å²) in [5, 5.41) is 15.2. The van der Waals surface area contributed by atoms with Crippen LogP contribution in [0.1, 0.15) is 32.3 Å². The van der Waals surface area contributed by atoms with Crippen LogP contribution in [-0.4, -0.2) is 35.8 Å². The van der Waals surface area contributed by atoms with Crippen LogP contribution in [-0.2, 0) is 16.1 Å². The Kier molecular flexibility index (Phi) is 7.37. The molecule has 0 aliphatic carbocycles. The standard InChI is InChI=1S/C20H26N4O2/c1-15(2)24(14-16-6-4-3-5-7-16)20(26)18(12-21)13-23-19(25)17-8-10-22-11-9-17/h3-7,13,15,17,22H,8-11,14H2,1-2H3,(H,23,25)/b18-13-. The van der Waals surface area contributed by atoms with Crippen molar-refractivity contribution in [1.82, 2.24) is 15.5 Å². The Balaban J connectivity index is 2.06. The monoisotopic (exact) mass is 354 g/mol. The van der Waals surface area contributed by atoms with Crippen molar-refractivity contribution in [3.63, 3.8) is 0 Å². The molecule has 0 atom stereocenters. The summed E-state index contributed by atoms with van der Waals surface area (Å²) in [6.07, 6.45) is 2.79. The molecule has 1 aliphatic rings. The average molecular weight is 354 g/mol. The van der Waals surface area contributed by atoms with E-state index in [0.29, 0.717) is 6.54 Å². The highest BCUT2D eigenvalue weighted by molar-refractivity contribution is 5.98. The fourth-order valence-electron chi connectivity index (χ4n) is 2.91. The second kappa shape index (κ2) is 9.73. The normalized spacial score (nSPS) is 15.4. The molecule has 0 saturated carbocycles. The Morgan fingerprint density at radius 3 is 2.54 bits per heavy atom. The van der Waals surface area contributed by atoms with E-state index in [1.165, 1.54) is 6.20 Å². The number of nitrogens with one attached hydrogen (secondary N) is 2. The Morgan fingerprint density at radius 2 is 1.96 bits per heavy atom. The molecule has 1 aromatic carbocycles. The first-order chi connectivity index (χ1) is 12.5. The van der Waals surface area contributed by atoms with Crippen LogP contribution >= 0.6 is 0 Å². The van der Waals surface area contributed by atoms with Gasteiger partial charge in [0.25, 0.3) is 5.91 Å². The summed E-state index contributed by atoms with van der Waals surface area (Å²) in [5.74, 6) is -0.587. The molecule has 138 valence electrons. The summed E-state index contributed by atoms with van der Waals surface area (Å²) in [7, 11) is 0. The molecule has 2 amide bonds. The molecule has 0 aromatic heterocycles. The lowest BCUT2D eigenvalue weighted by Gasteiger charge is -2.26. The molecule has 2 rings (SSSR count). The van der Waals surface area contributed by atoms with Gasteiger partial charge in [0.15, 0.2) is 0 Å². The summed E-state index contributed by atoms with van der Waals surface area (Å²) in [5.41, 5.74) is 0.933. The molecule has 0 radical (unpaired) electrons. The van der Waals surface area contributed by atoms with Gasteiger partial charge in [0.1, 0.15) is 11.6 Å². The van der Waals surface area contributed by atoms with Crippen molar-refractivity contribution in [2.45, 2.75) is 39.3 Å². The van der Waals surface area contributed by atoms with Crippen LogP contribution in [0, 0.1) is 17.2 Å². The van der Waals surface area contributed by atoms with Crippen molar-refractivity contribution in [2.24, 2.45) is 5.92 Å². The lowest BCUT2D eigenvalue weighted by molar-refractivity contribution is -0.129. The zero-order chi connectivity index (χ0) is 18.9. The van der Waals surface area contributed by atoms with Crippen LogP contribution in [0.2, 0.25) is 0 Å². The minimum atomic E-state index is -0.378. The molecule has 2 N–H and O–H groups in total. The maximum Gasteiger partial charge on any atom is 0.266 e. The molecule has 26 heavy (non-hydrogen) atoms. The largest absolute Gasteiger partial charge is 0.331 e. The number of nitriles is 1. The number of hydrogen-bond acceptors (Lipinski definition) is 4. The number of rotatable bonds is 6. The molecule has 1 aromatic rings. The van der Waals surface area contributed by atoms with Gasteiger partial charge in [-0.2, -0.15) is 5.26 Å². The molecular weight excluding hydrogens is 328 g/mol. The van der Waals surface area contributed by atoms with Crippen molar-refractivity contribution in [1.29, 1.82) is 5.26 Å². The zero-order valence-electron chi connectivity index (χ0n) is 15.4. The first-order valence-corrected chi connectivity index (χ1v) is 8.99. The third-order valence-corrected chi connectivity index (χ3v) is 4.50.